The van der Waals surface area contributed by atoms with E-state index in [1.54, 1.807) is 18.6 Å². The van der Waals surface area contributed by atoms with Gasteiger partial charge in [-0.1, -0.05) is 0 Å². The third kappa shape index (κ3) is 3.59. The molecule has 2 N–H and O–H groups in total. The zero-order valence-electron chi connectivity index (χ0n) is 16.8. The van der Waals surface area contributed by atoms with E-state index in [1.807, 2.05) is 6.20 Å². The molecule has 4 heterocycles. The minimum absolute atomic E-state index is 0.0950. The van der Waals surface area contributed by atoms with E-state index in [0.717, 1.165) is 29.2 Å². The molecule has 5 rings (SSSR count). The molecule has 0 saturated heterocycles. The number of rotatable bonds is 3. The van der Waals surface area contributed by atoms with Crippen molar-refractivity contribution in [3.63, 3.8) is 0 Å². The number of carbonyl (C=O) groups excluding carboxylic acids is 2. The lowest BCUT2D eigenvalue weighted by Crippen LogP contribution is -2.44. The number of nitrogens with one attached hydrogen (secondary N) is 2. The second-order valence-corrected chi connectivity index (χ2v) is 8.27. The second kappa shape index (κ2) is 7.81. The van der Waals surface area contributed by atoms with Crippen LogP contribution in [0.25, 0.3) is 11.3 Å². The number of hydrogen-bond donors (Lipinski definition) is 2. The van der Waals surface area contributed by atoms with Gasteiger partial charge in [-0.3, -0.25) is 4.79 Å². The van der Waals surface area contributed by atoms with E-state index < -0.39 is 6.09 Å². The van der Waals surface area contributed by atoms with E-state index in [4.69, 9.17) is 16.3 Å². The highest BCUT2D eigenvalue weighted by Crippen LogP contribution is 2.39. The van der Waals surface area contributed by atoms with Crippen molar-refractivity contribution in [3.05, 3.63) is 53.2 Å². The molecule has 1 unspecified atom stereocenters. The van der Waals surface area contributed by atoms with Crippen LogP contribution < -0.4 is 5.32 Å². The molecule has 0 bridgehead atoms. The van der Waals surface area contributed by atoms with Crippen molar-refractivity contribution in [2.45, 2.75) is 43.7 Å². The van der Waals surface area contributed by atoms with Gasteiger partial charge in [0.1, 0.15) is 11.6 Å². The Morgan fingerprint density at radius 2 is 2.10 bits per heavy atom. The summed E-state index contributed by atoms with van der Waals surface area (Å²) in [5, 5.41) is 3.04. The summed E-state index contributed by atoms with van der Waals surface area (Å²) >= 11 is 5.77. The lowest BCUT2D eigenvalue weighted by atomic mass is 9.79. The molecule has 9 nitrogen and oxygen atoms in total. The first kappa shape index (κ1) is 19.7. The van der Waals surface area contributed by atoms with E-state index >= 15 is 0 Å². The van der Waals surface area contributed by atoms with Gasteiger partial charge in [0.15, 0.2) is 0 Å². The molecule has 160 valence electrons. The highest BCUT2D eigenvalue weighted by molar-refractivity contribution is 6.28. The van der Waals surface area contributed by atoms with Crippen LogP contribution >= 0.6 is 11.6 Å². The molecule has 0 saturated carbocycles. The SMILES string of the molecule is COC(=O)N[C@H]1CCc2ccn3c2C1C(=O)C[C@H](c1ncc(-c2cnc(Cl)nc2)[nH]1)C3. The summed E-state index contributed by atoms with van der Waals surface area (Å²) in [6.07, 6.45) is 8.33. The Morgan fingerprint density at radius 3 is 2.87 bits per heavy atom. The van der Waals surface area contributed by atoms with Crippen LogP contribution in [0.5, 0.6) is 0 Å². The summed E-state index contributed by atoms with van der Waals surface area (Å²) in [4.78, 5) is 41.1. The quantitative estimate of drug-likeness (QED) is 0.605. The van der Waals surface area contributed by atoms with Gasteiger partial charge < -0.3 is 19.6 Å². The number of ether oxygens (including phenoxy) is 1. The number of carbonyl (C=O) groups is 2. The van der Waals surface area contributed by atoms with E-state index in [0.29, 0.717) is 19.4 Å². The molecule has 0 fully saturated rings. The van der Waals surface area contributed by atoms with E-state index in [2.05, 4.69) is 35.9 Å². The number of amides is 1. The van der Waals surface area contributed by atoms with Crippen LogP contribution in [-0.2, 0) is 22.5 Å². The fourth-order valence-electron chi connectivity index (χ4n) is 4.69. The Kier molecular flexibility index (Phi) is 4.97. The molecule has 31 heavy (non-hydrogen) atoms. The predicted molar refractivity (Wildman–Crippen MR) is 112 cm³/mol. The van der Waals surface area contributed by atoms with E-state index in [-0.39, 0.29) is 28.9 Å². The van der Waals surface area contributed by atoms with Crippen LogP contribution in [0.15, 0.2) is 30.9 Å². The second-order valence-electron chi connectivity index (χ2n) is 7.93. The number of methoxy groups -OCH3 is 1. The molecule has 0 radical (unpaired) electrons. The summed E-state index contributed by atoms with van der Waals surface area (Å²) in [6.45, 7) is 0.632. The highest BCUT2D eigenvalue weighted by atomic mass is 35.5. The van der Waals surface area contributed by atoms with Crippen LogP contribution in [0.4, 0.5) is 4.79 Å². The van der Waals surface area contributed by atoms with Crippen molar-refractivity contribution in [2.75, 3.05) is 7.11 Å². The van der Waals surface area contributed by atoms with Gasteiger partial charge in [0.2, 0.25) is 5.28 Å². The van der Waals surface area contributed by atoms with E-state index in [1.165, 1.54) is 12.7 Å². The number of aromatic nitrogens is 5. The van der Waals surface area contributed by atoms with Crippen LogP contribution in [0.3, 0.4) is 0 Å². The van der Waals surface area contributed by atoms with Crippen molar-refractivity contribution in [3.8, 4) is 11.3 Å². The number of aryl methyl sites for hydroxylation is 1. The zero-order valence-corrected chi connectivity index (χ0v) is 17.6. The van der Waals surface area contributed by atoms with Crippen LogP contribution in [0.2, 0.25) is 5.28 Å². The Morgan fingerprint density at radius 1 is 1.29 bits per heavy atom. The Labute approximate surface area is 183 Å². The van der Waals surface area contributed by atoms with Crippen molar-refractivity contribution in [1.82, 2.24) is 29.8 Å². The fourth-order valence-corrected chi connectivity index (χ4v) is 4.78. The van der Waals surface area contributed by atoms with Gasteiger partial charge in [-0.2, -0.15) is 0 Å². The molecule has 0 spiro atoms. The maximum absolute atomic E-state index is 13.4. The minimum atomic E-state index is -0.513. The maximum Gasteiger partial charge on any atom is 0.407 e. The number of alkyl carbamates (subject to hydrolysis) is 1. The zero-order chi connectivity index (χ0) is 21.5. The predicted octanol–water partition coefficient (Wildman–Crippen LogP) is 2.83. The maximum atomic E-state index is 13.4. The van der Waals surface area contributed by atoms with Crippen molar-refractivity contribution >= 4 is 23.5 Å². The van der Waals surface area contributed by atoms with Crippen LogP contribution in [-0.4, -0.2) is 49.5 Å². The number of ketones is 1. The van der Waals surface area contributed by atoms with Gasteiger partial charge in [0.25, 0.3) is 0 Å². The summed E-state index contributed by atoms with van der Waals surface area (Å²) in [7, 11) is 1.33. The molecule has 1 aliphatic heterocycles. The number of nitrogens with zero attached hydrogens (tertiary/aromatic N) is 4. The third-order valence-corrected chi connectivity index (χ3v) is 6.32. The highest BCUT2D eigenvalue weighted by Gasteiger charge is 2.41. The van der Waals surface area contributed by atoms with E-state index in [9.17, 15) is 9.59 Å². The average Bonchev–Trinajstić information content (AvgIpc) is 3.38. The normalized spacial score (nSPS) is 22.5. The number of H-pyrrole nitrogens is 1. The Hall–Kier alpha value is -3.20. The van der Waals surface area contributed by atoms with Crippen molar-refractivity contribution in [1.29, 1.82) is 0 Å². The van der Waals surface area contributed by atoms with Gasteiger partial charge in [-0.25, -0.2) is 19.7 Å². The standard InChI is InChI=1S/C21H21ClN6O3/c1-31-21(30)27-14-3-2-11-4-5-28-10-12(6-16(29)17(14)18(11)28)19-23-9-15(26-19)13-7-24-20(22)25-8-13/h4-5,7-9,12,14,17H,2-3,6,10H2,1H3,(H,23,26)(H,27,30)/t12-,14-,17?/m0/s1. The largest absolute Gasteiger partial charge is 0.453 e. The molecule has 10 heteroatoms. The molecule has 2 aliphatic rings. The van der Waals surface area contributed by atoms with Gasteiger partial charge in [0, 0.05) is 54.8 Å². The first-order valence-corrected chi connectivity index (χ1v) is 10.5. The molecule has 0 aromatic carbocycles. The Bertz CT molecular complexity index is 1140. The lowest BCUT2D eigenvalue weighted by Gasteiger charge is -2.31. The van der Waals surface area contributed by atoms with Crippen molar-refractivity contribution < 1.29 is 14.3 Å². The number of halogens is 1. The third-order valence-electron chi connectivity index (χ3n) is 6.13. The molecule has 3 atom stereocenters. The van der Waals surface area contributed by atoms with Gasteiger partial charge in [-0.05, 0) is 36.1 Å². The molecule has 1 aliphatic carbocycles. The summed E-state index contributed by atoms with van der Waals surface area (Å²) < 4.78 is 6.90. The van der Waals surface area contributed by atoms with Crippen molar-refractivity contribution in [2.24, 2.45) is 0 Å². The topological polar surface area (TPSA) is 115 Å². The summed E-state index contributed by atoms with van der Waals surface area (Å²) in [6, 6.07) is 1.79. The first-order chi connectivity index (χ1) is 15.0. The monoisotopic (exact) mass is 440 g/mol. The number of Topliss-reactive ketones (excluding diaryl/α,β-unsaturated/α-hetero) is 1. The Balaban J connectivity index is 1.45. The average molecular weight is 441 g/mol. The summed E-state index contributed by atoms with van der Waals surface area (Å²) in [5.74, 6) is 0.326. The number of imidazole rings is 1. The minimum Gasteiger partial charge on any atom is -0.453 e. The molecule has 3 aromatic rings. The molecular formula is C21H21ClN6O3. The fraction of sp³-hybridized carbons (Fsp3) is 0.381. The lowest BCUT2D eigenvalue weighted by molar-refractivity contribution is -0.121. The van der Waals surface area contributed by atoms with Gasteiger partial charge in [-0.15, -0.1) is 0 Å². The number of hydrogen-bond acceptors (Lipinski definition) is 6. The number of aromatic amines is 1. The first-order valence-electron chi connectivity index (χ1n) is 10.1. The smallest absolute Gasteiger partial charge is 0.407 e. The van der Waals surface area contributed by atoms with Crippen LogP contribution in [0.1, 0.15) is 41.8 Å². The molecule has 1 amide bonds. The molecule has 3 aromatic heterocycles. The summed E-state index contributed by atoms with van der Waals surface area (Å²) in [5.41, 5.74) is 3.70. The van der Waals surface area contributed by atoms with Crippen LogP contribution in [0, 0.1) is 0 Å². The van der Waals surface area contributed by atoms with Gasteiger partial charge in [0.05, 0.1) is 24.9 Å². The van der Waals surface area contributed by atoms with Gasteiger partial charge >= 0.3 is 6.09 Å². The molecular weight excluding hydrogens is 420 g/mol.